The summed E-state index contributed by atoms with van der Waals surface area (Å²) in [5.74, 6) is 3.33. The lowest BCUT2D eigenvalue weighted by molar-refractivity contribution is 0.311. The van der Waals surface area contributed by atoms with Crippen LogP contribution in [0.1, 0.15) is 201 Å². The molecule has 23 heterocycles. The first kappa shape index (κ1) is 87.1. The third-order valence-corrected chi connectivity index (χ3v) is 25.0. The Labute approximate surface area is 755 Å². The molecule has 0 amide bonds. The van der Waals surface area contributed by atoms with Crippen molar-refractivity contribution in [3.8, 4) is 114 Å². The first-order valence-corrected chi connectivity index (χ1v) is 47.4. The molecule has 0 atom stereocenters. The molecule has 128 heavy (non-hydrogen) atoms. The van der Waals surface area contributed by atoms with Crippen molar-refractivity contribution < 1.29 is 18.9 Å². The number of rotatable bonds is 20. The number of unbranched alkanes of at least 4 members (excludes halogenated alkanes) is 12. The van der Waals surface area contributed by atoms with Gasteiger partial charge < -0.3 is 18.9 Å². The Balaban J connectivity index is 0.607. The van der Waals surface area contributed by atoms with E-state index in [1.54, 1.807) is 0 Å². The topological polar surface area (TPSA) is 166 Å². The summed E-state index contributed by atoms with van der Waals surface area (Å²) in [5, 5.41) is 4.71. The van der Waals surface area contributed by atoms with Gasteiger partial charge in [-0.05, 0) is 317 Å². The maximum absolute atomic E-state index is 6.42. The standard InChI is InChI=1S/C114H118N10O4/c1-5-9-13-17-31-87-71-107-83-43-51-91(52-44-83)125-67-23-27-79-39-63-99(115-75-79)103-35-21-36-104(119-103)101-65-41-81(77-117-101)29-25-69-127-93-55-47-85(48-56-93)109-73-89(33-19-15-11-7-3)97-61-62-98-90(34-20-16-12-8-4)74-110(124-114(98)113(97)123-109)86-49-57-94(58-50-86)128-70-26-30-82-42-66-102(118-78-82)106-38-22-37-105(120-106)100-64-40-80(76-116-100)28-24-68-126-92-53-45-84(46-54-92)108-72-88(32-18-14-10-6-2)96-60-59-95(87)111(121-107)112(96)122-108/h21-22,35-66,71-78H,5-20,23-34,67-70H2,1-4H3. The molecule has 29 rings (SSSR count). The van der Waals surface area contributed by atoms with Crippen molar-refractivity contribution in [2.45, 2.75) is 207 Å². The van der Waals surface area contributed by atoms with Crippen molar-refractivity contribution >= 4 is 43.6 Å². The summed E-state index contributed by atoms with van der Waals surface area (Å²) >= 11 is 0. The Morgan fingerprint density at radius 3 is 0.664 bits per heavy atom. The fourth-order valence-corrected chi connectivity index (χ4v) is 17.7. The highest BCUT2D eigenvalue weighted by Gasteiger charge is 2.21. The van der Waals surface area contributed by atoms with Gasteiger partial charge in [-0.25, -0.2) is 29.9 Å². The molecule has 0 saturated carbocycles. The lowest BCUT2D eigenvalue weighted by Gasteiger charge is -2.15. The molecule has 0 N–H and O–H groups in total. The lowest BCUT2D eigenvalue weighted by Crippen LogP contribution is -2.01. The summed E-state index contributed by atoms with van der Waals surface area (Å²) < 4.78 is 25.7. The molecule has 13 aliphatic rings. The summed E-state index contributed by atoms with van der Waals surface area (Å²) in [6, 6.07) is 81.5. The highest BCUT2D eigenvalue weighted by molar-refractivity contribution is 6.08. The fraction of sp³-hybridized carbons (Fsp3) is 0.316. The first-order valence-electron chi connectivity index (χ1n) is 47.4. The Morgan fingerprint density at radius 2 is 0.453 bits per heavy atom. The van der Waals surface area contributed by atoms with E-state index in [1.165, 1.54) is 121 Å². The summed E-state index contributed by atoms with van der Waals surface area (Å²) in [4.78, 5) is 52.0. The highest BCUT2D eigenvalue weighted by atomic mass is 16.5. The van der Waals surface area contributed by atoms with E-state index in [0.717, 1.165) is 261 Å². The smallest absolute Gasteiger partial charge is 0.119 e. The highest BCUT2D eigenvalue weighted by Crippen LogP contribution is 2.39. The molecular formula is C114H118N10O4. The molecular weight excluding hydrogens is 1570 g/mol. The van der Waals surface area contributed by atoms with Crippen molar-refractivity contribution in [2.75, 3.05) is 26.4 Å². The second-order valence-electron chi connectivity index (χ2n) is 34.6. The fourth-order valence-electron chi connectivity index (χ4n) is 17.7. The van der Waals surface area contributed by atoms with Gasteiger partial charge in [-0.1, -0.05) is 165 Å². The average molecular weight is 1690 g/mol. The molecule has 648 valence electrons. The first-order chi connectivity index (χ1) is 63.2. The monoisotopic (exact) mass is 1690 g/mol. The van der Waals surface area contributed by atoms with E-state index >= 15 is 0 Å². The average Bonchev–Trinajstić information content (AvgIpc) is 0.751. The van der Waals surface area contributed by atoms with Gasteiger partial charge in [0.1, 0.15) is 23.0 Å². The van der Waals surface area contributed by atoms with Gasteiger partial charge in [0, 0.05) is 68.6 Å². The Morgan fingerprint density at radius 1 is 0.219 bits per heavy atom. The van der Waals surface area contributed by atoms with Crippen molar-refractivity contribution in [3.63, 3.8) is 0 Å². The lowest BCUT2D eigenvalue weighted by atomic mass is 9.95. The predicted octanol–water partition coefficient (Wildman–Crippen LogP) is 28.4. The number of ether oxygens (including phenoxy) is 4. The van der Waals surface area contributed by atoms with Crippen LogP contribution in [0.2, 0.25) is 0 Å². The Hall–Kier alpha value is -12.9. The van der Waals surface area contributed by atoms with Gasteiger partial charge in [-0.2, -0.15) is 0 Å². The second-order valence-corrected chi connectivity index (χ2v) is 34.6. The van der Waals surface area contributed by atoms with Gasteiger partial charge in [0.2, 0.25) is 0 Å². The second kappa shape index (κ2) is 43.5. The van der Waals surface area contributed by atoms with Crippen molar-refractivity contribution in [1.82, 2.24) is 49.8 Å². The Kier molecular flexibility index (Phi) is 29.6. The molecule has 10 aromatic heterocycles. The maximum atomic E-state index is 6.42. The molecule has 14 heteroatoms. The number of hydrogen-bond acceptors (Lipinski definition) is 14. The molecule has 0 spiro atoms. The normalized spacial score (nSPS) is 13.0. The van der Waals surface area contributed by atoms with Crippen LogP contribution < -0.4 is 18.9 Å². The summed E-state index contributed by atoms with van der Waals surface area (Å²) in [7, 11) is 0. The molecule has 13 aliphatic heterocycles. The van der Waals surface area contributed by atoms with Gasteiger partial charge in [0.15, 0.2) is 0 Å². The van der Waals surface area contributed by atoms with Crippen LogP contribution in [0.5, 0.6) is 23.0 Å². The number of nitrogens with zero attached hydrogens (tertiary/aromatic N) is 10. The van der Waals surface area contributed by atoms with Crippen molar-refractivity contribution in [1.29, 1.82) is 0 Å². The maximum Gasteiger partial charge on any atom is 0.119 e. The van der Waals surface area contributed by atoms with Crippen LogP contribution in [0, 0.1) is 0 Å². The van der Waals surface area contributed by atoms with Crippen molar-refractivity contribution in [2.24, 2.45) is 0 Å². The zero-order valence-corrected chi connectivity index (χ0v) is 75.0. The van der Waals surface area contributed by atoms with Gasteiger partial charge in [-0.3, -0.25) is 19.9 Å². The number of hydrogen-bond donors (Lipinski definition) is 0. The molecule has 0 saturated heterocycles. The molecule has 16 aromatic rings. The van der Waals surface area contributed by atoms with E-state index in [4.69, 9.17) is 68.8 Å². The molecule has 14 nitrogen and oxygen atoms in total. The minimum atomic E-state index is 0.573. The number of aromatic nitrogens is 10. The van der Waals surface area contributed by atoms with E-state index in [-0.39, 0.29) is 0 Å². The Bertz CT molecular complexity index is 5580. The van der Waals surface area contributed by atoms with E-state index in [2.05, 4.69) is 222 Å². The minimum absolute atomic E-state index is 0.573. The molecule has 0 unspecified atom stereocenters. The predicted molar refractivity (Wildman–Crippen MR) is 524 cm³/mol. The van der Waals surface area contributed by atoms with Crippen LogP contribution in [0.25, 0.3) is 134 Å². The van der Waals surface area contributed by atoms with Gasteiger partial charge in [-0.15, -0.1) is 0 Å². The molecule has 0 radical (unpaired) electrons. The summed E-state index contributed by atoms with van der Waals surface area (Å²) in [5.41, 5.74) is 28.1. The number of benzene rings is 6. The summed E-state index contributed by atoms with van der Waals surface area (Å²) in [6.07, 6.45) is 37.3. The minimum Gasteiger partial charge on any atom is -0.494 e. The third-order valence-electron chi connectivity index (χ3n) is 25.0. The van der Waals surface area contributed by atoms with E-state index in [9.17, 15) is 0 Å². The van der Waals surface area contributed by atoms with Crippen LogP contribution in [0.4, 0.5) is 0 Å². The van der Waals surface area contributed by atoms with Gasteiger partial charge in [0.05, 0.1) is 117 Å². The van der Waals surface area contributed by atoms with Crippen LogP contribution in [0.3, 0.4) is 0 Å². The SMILES string of the molecule is CCCCCCc1cc2nc3c1ccc1c(CCCCCC)cc(nc13)-c1ccc(cc1)OCCCc1ccc(nc1)-c1cccc(n1)-c1ccc(cn1)CCCOc1ccc(cc1)-c1cc(CCCCCC)c3ccc4c(CCCCCC)cc(nc4c3n1)-c1ccc(cc1)OCCCc1ccc(nc1)-c1cccc(n1)-c1ccc(cn1)CCCOc1ccc-2cc1. The summed E-state index contributed by atoms with van der Waals surface area (Å²) in [6.45, 7) is 11.4. The van der Waals surface area contributed by atoms with E-state index < -0.39 is 0 Å². The van der Waals surface area contributed by atoms with E-state index in [1.807, 2.05) is 61.2 Å². The quantitative estimate of drug-likeness (QED) is 0.0522. The zero-order chi connectivity index (χ0) is 87.0. The number of aryl methyl sites for hydroxylation is 8. The van der Waals surface area contributed by atoms with E-state index in [0.29, 0.717) is 26.4 Å². The van der Waals surface area contributed by atoms with Crippen molar-refractivity contribution in [3.05, 3.63) is 300 Å². The van der Waals surface area contributed by atoms with Crippen LogP contribution in [-0.2, 0) is 51.4 Å². The van der Waals surface area contributed by atoms with Gasteiger partial charge in [0.25, 0.3) is 0 Å². The largest absolute Gasteiger partial charge is 0.494 e. The molecule has 0 fully saturated rings. The zero-order valence-electron chi connectivity index (χ0n) is 75.0. The third kappa shape index (κ3) is 22.2. The van der Waals surface area contributed by atoms with Crippen LogP contribution in [-0.4, -0.2) is 76.3 Å². The molecule has 0 aliphatic carbocycles. The number of pyridine rings is 10. The molecule has 28 bridgehead atoms. The van der Waals surface area contributed by atoms with Crippen LogP contribution >= 0.6 is 0 Å². The van der Waals surface area contributed by atoms with Crippen LogP contribution in [0.15, 0.2) is 255 Å². The molecule has 6 aromatic carbocycles. The van der Waals surface area contributed by atoms with Gasteiger partial charge >= 0.3 is 0 Å².